The first-order valence-electron chi connectivity index (χ1n) is 4.49. The number of hydrogen-bond acceptors (Lipinski definition) is 3. The van der Waals surface area contributed by atoms with Crippen molar-refractivity contribution < 1.29 is 8.42 Å². The summed E-state index contributed by atoms with van der Waals surface area (Å²) in [5.41, 5.74) is 0. The second-order valence-corrected chi connectivity index (χ2v) is 5.18. The Morgan fingerprint density at radius 1 is 1.50 bits per heavy atom. The van der Waals surface area contributed by atoms with E-state index in [1.807, 2.05) is 6.92 Å². The maximum atomic E-state index is 11.6. The molecule has 4 nitrogen and oxygen atoms in total. The summed E-state index contributed by atoms with van der Waals surface area (Å²) in [5.74, 6) is 0.368. The minimum Gasteiger partial charge on any atom is -0.267 e. The summed E-state index contributed by atoms with van der Waals surface area (Å²) in [7, 11) is -3.28. The molecule has 1 rings (SSSR count). The number of hydrogen-bond donors (Lipinski definition) is 1. The second kappa shape index (κ2) is 4.41. The van der Waals surface area contributed by atoms with Crippen molar-refractivity contribution in [3.63, 3.8) is 0 Å². The molecular formula is C9H14N2O2S. The van der Waals surface area contributed by atoms with E-state index in [0.717, 1.165) is 0 Å². The van der Waals surface area contributed by atoms with Gasteiger partial charge in [-0.05, 0) is 25.5 Å². The van der Waals surface area contributed by atoms with Crippen LogP contribution in [0.4, 0.5) is 5.82 Å². The molecule has 0 amide bonds. The zero-order chi connectivity index (χ0) is 10.6. The summed E-state index contributed by atoms with van der Waals surface area (Å²) in [6.45, 7) is 3.51. The fourth-order valence-corrected chi connectivity index (χ4v) is 1.94. The lowest BCUT2D eigenvalue weighted by Crippen LogP contribution is -2.24. The molecule has 0 saturated heterocycles. The molecule has 0 radical (unpaired) electrons. The Balaban J connectivity index is 2.79. The summed E-state index contributed by atoms with van der Waals surface area (Å²) in [5, 5.41) is -0.399. The van der Waals surface area contributed by atoms with Gasteiger partial charge in [0.1, 0.15) is 5.82 Å². The number of sulfonamides is 1. The molecule has 0 saturated carbocycles. The van der Waals surface area contributed by atoms with E-state index in [0.29, 0.717) is 12.2 Å². The predicted octanol–water partition coefficient (Wildman–Crippen LogP) is 1.62. The Kier molecular flexibility index (Phi) is 3.46. The van der Waals surface area contributed by atoms with Gasteiger partial charge in [0.05, 0.1) is 5.25 Å². The molecule has 1 heterocycles. The zero-order valence-electron chi connectivity index (χ0n) is 8.27. The lowest BCUT2D eigenvalue weighted by molar-refractivity contribution is 0.586. The molecule has 0 aliphatic rings. The van der Waals surface area contributed by atoms with Crippen LogP contribution in [0, 0.1) is 0 Å². The Labute approximate surface area is 84.4 Å². The summed E-state index contributed by atoms with van der Waals surface area (Å²) in [4.78, 5) is 3.89. The zero-order valence-corrected chi connectivity index (χ0v) is 9.08. The van der Waals surface area contributed by atoms with Crippen LogP contribution in [0.3, 0.4) is 0 Å². The van der Waals surface area contributed by atoms with E-state index < -0.39 is 15.3 Å². The van der Waals surface area contributed by atoms with Crippen LogP contribution in [-0.2, 0) is 10.0 Å². The first-order chi connectivity index (χ1) is 6.56. The Hall–Kier alpha value is -1.10. The molecule has 0 aliphatic carbocycles. The van der Waals surface area contributed by atoms with Gasteiger partial charge in [-0.3, -0.25) is 4.72 Å². The molecule has 1 N–H and O–H groups in total. The van der Waals surface area contributed by atoms with Crippen molar-refractivity contribution in [1.29, 1.82) is 0 Å². The van der Waals surface area contributed by atoms with Crippen molar-refractivity contribution in [3.05, 3.63) is 24.4 Å². The first kappa shape index (κ1) is 11.0. The molecule has 1 atom stereocenters. The average molecular weight is 214 g/mol. The summed E-state index contributed by atoms with van der Waals surface area (Å²) < 4.78 is 25.6. The van der Waals surface area contributed by atoms with Crippen molar-refractivity contribution in [1.82, 2.24) is 4.98 Å². The molecular weight excluding hydrogens is 200 g/mol. The summed E-state index contributed by atoms with van der Waals surface area (Å²) in [6, 6.07) is 5.10. The molecule has 0 bridgehead atoms. The average Bonchev–Trinajstić information content (AvgIpc) is 2.17. The van der Waals surface area contributed by atoms with Crippen molar-refractivity contribution >= 4 is 15.8 Å². The minimum absolute atomic E-state index is 0.368. The number of pyridine rings is 1. The van der Waals surface area contributed by atoms with Crippen LogP contribution < -0.4 is 4.72 Å². The van der Waals surface area contributed by atoms with Gasteiger partial charge < -0.3 is 0 Å². The summed E-state index contributed by atoms with van der Waals surface area (Å²) >= 11 is 0. The van der Waals surface area contributed by atoms with Gasteiger partial charge in [0.2, 0.25) is 10.0 Å². The van der Waals surface area contributed by atoms with Gasteiger partial charge in [0.15, 0.2) is 0 Å². The maximum absolute atomic E-state index is 11.6. The topological polar surface area (TPSA) is 59.1 Å². The normalized spacial score (nSPS) is 13.6. The molecule has 0 aliphatic heterocycles. The Bertz CT molecular complexity index is 375. The Morgan fingerprint density at radius 2 is 2.21 bits per heavy atom. The van der Waals surface area contributed by atoms with Crippen molar-refractivity contribution in [3.8, 4) is 0 Å². The van der Waals surface area contributed by atoms with Gasteiger partial charge >= 0.3 is 0 Å². The van der Waals surface area contributed by atoms with Crippen LogP contribution in [0.15, 0.2) is 24.4 Å². The molecule has 1 unspecified atom stereocenters. The van der Waals surface area contributed by atoms with Crippen LogP contribution >= 0.6 is 0 Å². The molecule has 0 spiro atoms. The maximum Gasteiger partial charge on any atom is 0.236 e. The third kappa shape index (κ3) is 2.70. The molecule has 5 heteroatoms. The van der Waals surface area contributed by atoms with Crippen molar-refractivity contribution in [2.45, 2.75) is 25.5 Å². The lowest BCUT2D eigenvalue weighted by Gasteiger charge is -2.11. The van der Waals surface area contributed by atoms with E-state index >= 15 is 0 Å². The monoisotopic (exact) mass is 214 g/mol. The standard InChI is InChI=1S/C9H14N2O2S/c1-3-8(2)14(12,13)11-9-6-4-5-7-10-9/h4-8H,3H2,1-2H3,(H,10,11). The molecule has 14 heavy (non-hydrogen) atoms. The van der Waals surface area contributed by atoms with Gasteiger partial charge in [0, 0.05) is 6.20 Å². The van der Waals surface area contributed by atoms with Gasteiger partial charge in [-0.1, -0.05) is 13.0 Å². The van der Waals surface area contributed by atoms with Crippen molar-refractivity contribution in [2.24, 2.45) is 0 Å². The van der Waals surface area contributed by atoms with E-state index in [2.05, 4.69) is 9.71 Å². The first-order valence-corrected chi connectivity index (χ1v) is 6.03. The lowest BCUT2D eigenvalue weighted by atomic mass is 10.4. The summed E-state index contributed by atoms with van der Waals surface area (Å²) in [6.07, 6.45) is 2.14. The van der Waals surface area contributed by atoms with Crippen LogP contribution in [-0.4, -0.2) is 18.7 Å². The van der Waals surface area contributed by atoms with Gasteiger partial charge in [-0.2, -0.15) is 0 Å². The van der Waals surface area contributed by atoms with E-state index in [1.165, 1.54) is 0 Å². The molecule has 0 fully saturated rings. The molecule has 1 aromatic heterocycles. The highest BCUT2D eigenvalue weighted by Gasteiger charge is 2.18. The minimum atomic E-state index is -3.28. The van der Waals surface area contributed by atoms with Gasteiger partial charge in [-0.15, -0.1) is 0 Å². The third-order valence-corrected chi connectivity index (χ3v) is 3.90. The highest BCUT2D eigenvalue weighted by molar-refractivity contribution is 7.93. The molecule has 1 aromatic rings. The molecule has 78 valence electrons. The van der Waals surface area contributed by atoms with E-state index in [1.54, 1.807) is 31.3 Å². The molecule has 0 aromatic carbocycles. The SMILES string of the molecule is CCC(C)S(=O)(=O)Nc1ccccn1. The van der Waals surface area contributed by atoms with E-state index in [4.69, 9.17) is 0 Å². The number of aromatic nitrogens is 1. The highest BCUT2D eigenvalue weighted by atomic mass is 32.2. The second-order valence-electron chi connectivity index (χ2n) is 3.08. The predicted molar refractivity (Wildman–Crippen MR) is 56.5 cm³/mol. The number of rotatable bonds is 4. The van der Waals surface area contributed by atoms with Crippen LogP contribution in [0.2, 0.25) is 0 Å². The highest BCUT2D eigenvalue weighted by Crippen LogP contribution is 2.09. The Morgan fingerprint density at radius 3 is 2.71 bits per heavy atom. The third-order valence-electron chi connectivity index (χ3n) is 2.02. The van der Waals surface area contributed by atoms with Crippen LogP contribution in [0.5, 0.6) is 0 Å². The number of nitrogens with one attached hydrogen (secondary N) is 1. The van der Waals surface area contributed by atoms with Gasteiger partial charge in [-0.25, -0.2) is 13.4 Å². The number of anilines is 1. The van der Waals surface area contributed by atoms with Crippen LogP contribution in [0.25, 0.3) is 0 Å². The van der Waals surface area contributed by atoms with E-state index in [9.17, 15) is 8.42 Å². The number of nitrogens with zero attached hydrogens (tertiary/aromatic N) is 1. The van der Waals surface area contributed by atoms with Gasteiger partial charge in [0.25, 0.3) is 0 Å². The largest absolute Gasteiger partial charge is 0.267 e. The fourth-order valence-electron chi connectivity index (χ4n) is 0.889. The van der Waals surface area contributed by atoms with E-state index in [-0.39, 0.29) is 0 Å². The smallest absolute Gasteiger partial charge is 0.236 e. The quantitative estimate of drug-likeness (QED) is 0.828. The van der Waals surface area contributed by atoms with Crippen LogP contribution in [0.1, 0.15) is 20.3 Å². The van der Waals surface area contributed by atoms with Crippen molar-refractivity contribution in [2.75, 3.05) is 4.72 Å². The fraction of sp³-hybridized carbons (Fsp3) is 0.444.